The molecule has 2 aromatic carbocycles. The van der Waals surface area contributed by atoms with Crippen molar-refractivity contribution in [3.8, 4) is 0 Å². The van der Waals surface area contributed by atoms with Gasteiger partial charge < -0.3 is 10.2 Å². The second-order valence-electron chi connectivity index (χ2n) is 7.24. The summed E-state index contributed by atoms with van der Waals surface area (Å²) in [5, 5.41) is 3.44. The highest BCUT2D eigenvalue weighted by Crippen LogP contribution is 2.35. The first kappa shape index (κ1) is 20.6. The highest BCUT2D eigenvalue weighted by Gasteiger charge is 2.47. The number of hydrogen-bond acceptors (Lipinski definition) is 3. The second kappa shape index (κ2) is 8.11. The van der Waals surface area contributed by atoms with Crippen LogP contribution in [0, 0.1) is 0 Å². The van der Waals surface area contributed by atoms with Crippen molar-refractivity contribution in [1.82, 2.24) is 9.80 Å². The Balaban J connectivity index is 1.85. The molecule has 0 radical (unpaired) electrons. The Bertz CT molecular complexity index is 886. The average Bonchev–Trinajstić information content (AvgIpc) is 3.03. The number of nitrogens with zero attached hydrogens (tertiary/aromatic N) is 2. The lowest BCUT2D eigenvalue weighted by molar-refractivity contribution is -0.140. The van der Waals surface area contributed by atoms with Crippen molar-refractivity contribution in [2.75, 3.05) is 18.5 Å². The molecule has 1 saturated heterocycles. The summed E-state index contributed by atoms with van der Waals surface area (Å²) in [5.74, 6) is -0.417. The molecule has 2 aromatic rings. The van der Waals surface area contributed by atoms with Crippen LogP contribution in [0.5, 0.6) is 0 Å². The molecule has 1 fully saturated rings. The van der Waals surface area contributed by atoms with E-state index >= 15 is 0 Å². The van der Waals surface area contributed by atoms with E-state index in [-0.39, 0.29) is 16.8 Å². The molecule has 1 N–H and O–H groups in total. The first-order chi connectivity index (χ1) is 13.3. The van der Waals surface area contributed by atoms with Crippen LogP contribution in [-0.4, -0.2) is 40.4 Å². The summed E-state index contributed by atoms with van der Waals surface area (Å²) in [5.41, 5.74) is 0.274. The predicted molar refractivity (Wildman–Crippen MR) is 112 cm³/mol. The summed E-state index contributed by atoms with van der Waals surface area (Å²) >= 11 is 12.2. The smallest absolute Gasteiger partial charge is 0.249 e. The fourth-order valence-electron chi connectivity index (χ4n) is 3.36. The summed E-state index contributed by atoms with van der Waals surface area (Å²) in [6.07, 6.45) is 0. The summed E-state index contributed by atoms with van der Waals surface area (Å²) in [7, 11) is 0. The van der Waals surface area contributed by atoms with Crippen molar-refractivity contribution < 1.29 is 9.59 Å². The van der Waals surface area contributed by atoms with Gasteiger partial charge in [0, 0.05) is 0 Å². The Labute approximate surface area is 175 Å². The molecule has 0 aromatic heterocycles. The van der Waals surface area contributed by atoms with Gasteiger partial charge in [-0.05, 0) is 38.1 Å². The number of hydrogen-bond donors (Lipinski definition) is 1. The molecule has 3 rings (SSSR count). The molecule has 1 aliphatic rings. The number of benzene rings is 2. The van der Waals surface area contributed by atoms with E-state index in [1.165, 1.54) is 0 Å². The number of carbonyl (C=O) groups is 2. The van der Waals surface area contributed by atoms with Gasteiger partial charge >= 0.3 is 0 Å². The van der Waals surface area contributed by atoms with Gasteiger partial charge in [0.25, 0.3) is 0 Å². The molecular formula is C21H23Cl2N3O2. The van der Waals surface area contributed by atoms with Crippen molar-refractivity contribution in [3.63, 3.8) is 0 Å². The van der Waals surface area contributed by atoms with E-state index in [1.54, 1.807) is 36.9 Å². The fourth-order valence-corrected chi connectivity index (χ4v) is 3.71. The Hall–Kier alpha value is -2.08. The molecule has 5 nitrogen and oxygen atoms in total. The third-order valence-corrected chi connectivity index (χ3v) is 5.96. The van der Waals surface area contributed by atoms with Crippen LogP contribution in [0.25, 0.3) is 0 Å². The number of anilines is 1. The molecule has 1 aliphatic heterocycles. The lowest BCUT2D eigenvalue weighted by atomic mass is 10.00. The number of amides is 2. The molecule has 1 heterocycles. The monoisotopic (exact) mass is 419 g/mol. The van der Waals surface area contributed by atoms with Crippen LogP contribution in [0.1, 0.15) is 32.4 Å². The largest absolute Gasteiger partial charge is 0.323 e. The molecule has 1 unspecified atom stereocenters. The first-order valence-corrected chi connectivity index (χ1v) is 9.89. The summed E-state index contributed by atoms with van der Waals surface area (Å²) in [6, 6.07) is 14.3. The molecule has 7 heteroatoms. The molecule has 2 amide bonds. The van der Waals surface area contributed by atoms with Crippen LogP contribution >= 0.6 is 23.2 Å². The molecule has 1 atom stereocenters. The fraction of sp³-hybridized carbons (Fsp3) is 0.333. The van der Waals surface area contributed by atoms with Crippen LogP contribution in [0.2, 0.25) is 10.0 Å². The summed E-state index contributed by atoms with van der Waals surface area (Å²) in [6.45, 7) is 6.55. The minimum atomic E-state index is -1.07. The molecule has 0 saturated carbocycles. The summed E-state index contributed by atoms with van der Waals surface area (Å²) < 4.78 is 0. The number of rotatable bonds is 5. The standard InChI is InChI=1S/C21H23Cl2N3O2/c1-4-25-13-26(19(27)18(25)14-9-6-5-7-10-14)21(2,3)20(28)24-16-12-8-11-15(22)17(16)23/h5-12,18H,4,13H2,1-3H3,(H,24,28). The van der Waals surface area contributed by atoms with Gasteiger partial charge in [0.15, 0.2) is 0 Å². The Kier molecular flexibility index (Phi) is 5.98. The van der Waals surface area contributed by atoms with Crippen LogP contribution in [0.4, 0.5) is 5.69 Å². The zero-order chi connectivity index (χ0) is 20.5. The molecule has 148 valence electrons. The molecule has 0 bridgehead atoms. The zero-order valence-corrected chi connectivity index (χ0v) is 17.6. The van der Waals surface area contributed by atoms with Gasteiger partial charge in [0.2, 0.25) is 11.8 Å². The Morgan fingerprint density at radius 3 is 2.46 bits per heavy atom. The van der Waals surface area contributed by atoms with Gasteiger partial charge in [-0.1, -0.05) is 66.5 Å². The Morgan fingerprint density at radius 2 is 1.82 bits per heavy atom. The predicted octanol–water partition coefficient (Wildman–Crippen LogP) is 4.57. The van der Waals surface area contributed by atoms with Crippen molar-refractivity contribution in [1.29, 1.82) is 0 Å². The SMILES string of the molecule is CCN1CN(C(C)(C)C(=O)Nc2cccc(Cl)c2Cl)C(=O)C1c1ccccc1. The number of carbonyl (C=O) groups excluding carboxylic acids is 2. The van der Waals surface area contributed by atoms with E-state index in [4.69, 9.17) is 23.2 Å². The van der Waals surface area contributed by atoms with Crippen LogP contribution in [-0.2, 0) is 9.59 Å². The molecule has 28 heavy (non-hydrogen) atoms. The highest BCUT2D eigenvalue weighted by atomic mass is 35.5. The van der Waals surface area contributed by atoms with Crippen molar-refractivity contribution in [3.05, 3.63) is 64.1 Å². The molecule has 0 spiro atoms. The lowest BCUT2D eigenvalue weighted by Gasteiger charge is -2.34. The zero-order valence-electron chi connectivity index (χ0n) is 16.1. The van der Waals surface area contributed by atoms with Gasteiger partial charge in [-0.3, -0.25) is 14.5 Å². The van der Waals surface area contributed by atoms with Gasteiger partial charge in [0.05, 0.1) is 22.4 Å². The second-order valence-corrected chi connectivity index (χ2v) is 8.03. The average molecular weight is 420 g/mol. The van der Waals surface area contributed by atoms with Gasteiger partial charge in [-0.2, -0.15) is 0 Å². The van der Waals surface area contributed by atoms with Gasteiger partial charge in [-0.25, -0.2) is 0 Å². The Morgan fingerprint density at radius 1 is 1.14 bits per heavy atom. The third kappa shape index (κ3) is 3.75. The van der Waals surface area contributed by atoms with E-state index in [2.05, 4.69) is 10.2 Å². The van der Waals surface area contributed by atoms with Crippen molar-refractivity contribution in [2.24, 2.45) is 0 Å². The maximum Gasteiger partial charge on any atom is 0.249 e. The van der Waals surface area contributed by atoms with E-state index < -0.39 is 11.6 Å². The van der Waals surface area contributed by atoms with E-state index in [0.29, 0.717) is 23.9 Å². The topological polar surface area (TPSA) is 52.6 Å². The molecular weight excluding hydrogens is 397 g/mol. The van der Waals surface area contributed by atoms with Crippen molar-refractivity contribution >= 4 is 40.7 Å². The first-order valence-electron chi connectivity index (χ1n) is 9.13. The number of likely N-dealkylation sites (N-methyl/N-ethyl adjacent to an activating group) is 1. The third-order valence-electron chi connectivity index (χ3n) is 5.14. The molecule has 0 aliphatic carbocycles. The lowest BCUT2D eigenvalue weighted by Crippen LogP contribution is -2.54. The maximum atomic E-state index is 13.3. The number of nitrogens with one attached hydrogen (secondary N) is 1. The van der Waals surface area contributed by atoms with E-state index in [0.717, 1.165) is 5.56 Å². The summed E-state index contributed by atoms with van der Waals surface area (Å²) in [4.78, 5) is 30.0. The minimum Gasteiger partial charge on any atom is -0.323 e. The minimum absolute atomic E-state index is 0.0922. The maximum absolute atomic E-state index is 13.3. The van der Waals surface area contributed by atoms with E-state index in [9.17, 15) is 9.59 Å². The van der Waals surface area contributed by atoms with Crippen molar-refractivity contribution in [2.45, 2.75) is 32.4 Å². The van der Waals surface area contributed by atoms with Gasteiger partial charge in [-0.15, -0.1) is 0 Å². The van der Waals surface area contributed by atoms with Crippen LogP contribution < -0.4 is 5.32 Å². The van der Waals surface area contributed by atoms with Gasteiger partial charge in [0.1, 0.15) is 11.6 Å². The highest BCUT2D eigenvalue weighted by molar-refractivity contribution is 6.44. The van der Waals surface area contributed by atoms with E-state index in [1.807, 2.05) is 37.3 Å². The van der Waals surface area contributed by atoms with Crippen LogP contribution in [0.15, 0.2) is 48.5 Å². The van der Waals surface area contributed by atoms with Crippen LogP contribution in [0.3, 0.4) is 0 Å². The quantitative estimate of drug-likeness (QED) is 0.771. The normalized spacial score (nSPS) is 17.8. The number of halogens is 2.